The Kier molecular flexibility index (Phi) is 5.83. The van der Waals surface area contributed by atoms with E-state index < -0.39 is 0 Å². The third-order valence-corrected chi connectivity index (χ3v) is 3.76. The maximum atomic E-state index is 8.76. The van der Waals surface area contributed by atoms with E-state index in [1.54, 1.807) is 0 Å². The predicted octanol–water partition coefficient (Wildman–Crippen LogP) is 1.55. The summed E-state index contributed by atoms with van der Waals surface area (Å²) in [6, 6.07) is 10.2. The second-order valence-corrected chi connectivity index (χ2v) is 5.26. The van der Waals surface area contributed by atoms with E-state index in [1.165, 1.54) is 31.5 Å². The highest BCUT2D eigenvalue weighted by molar-refractivity contribution is 5.80. The molecule has 1 unspecified atom stereocenters. The number of rotatable bonds is 7. The largest absolute Gasteiger partial charge is 0.409 e. The molecule has 1 heterocycles. The highest BCUT2D eigenvalue weighted by Crippen LogP contribution is 2.16. The molecule has 110 valence electrons. The van der Waals surface area contributed by atoms with E-state index >= 15 is 0 Å². The lowest BCUT2D eigenvalue weighted by molar-refractivity contribution is 0.313. The molecule has 5 nitrogen and oxygen atoms in total. The Morgan fingerprint density at radius 2 is 2.00 bits per heavy atom. The van der Waals surface area contributed by atoms with Gasteiger partial charge in [-0.15, -0.1) is 0 Å². The molecular formula is C15H24N4O. The molecule has 0 aromatic heterocycles. The summed E-state index contributed by atoms with van der Waals surface area (Å²) in [6.45, 7) is 4.38. The van der Waals surface area contributed by atoms with Gasteiger partial charge in [-0.2, -0.15) is 0 Å². The van der Waals surface area contributed by atoms with Crippen molar-refractivity contribution < 1.29 is 5.21 Å². The first-order valence-electron chi connectivity index (χ1n) is 7.26. The molecule has 0 saturated carbocycles. The quantitative estimate of drug-likeness (QED) is 0.306. The molecule has 1 aromatic carbocycles. The number of hydrogen-bond donors (Lipinski definition) is 3. The lowest BCUT2D eigenvalue weighted by atomic mass is 10.0. The molecule has 0 aliphatic carbocycles. The minimum atomic E-state index is 0.0923. The van der Waals surface area contributed by atoms with Crippen LogP contribution in [0.1, 0.15) is 30.9 Å². The SMILES string of the molecule is NC(CC(NCCN1CCCC1)c1ccccc1)=NO. The van der Waals surface area contributed by atoms with Crippen molar-refractivity contribution in [1.82, 2.24) is 10.2 Å². The molecule has 1 aromatic rings. The zero-order valence-electron chi connectivity index (χ0n) is 11.8. The van der Waals surface area contributed by atoms with E-state index in [2.05, 4.69) is 27.5 Å². The van der Waals surface area contributed by atoms with Gasteiger partial charge in [0.2, 0.25) is 0 Å². The van der Waals surface area contributed by atoms with E-state index in [9.17, 15) is 0 Å². The van der Waals surface area contributed by atoms with E-state index in [1.807, 2.05) is 18.2 Å². The molecule has 1 aliphatic rings. The summed E-state index contributed by atoms with van der Waals surface area (Å²) in [5.74, 6) is 0.257. The summed E-state index contributed by atoms with van der Waals surface area (Å²) < 4.78 is 0. The van der Waals surface area contributed by atoms with Crippen LogP contribution in [0.5, 0.6) is 0 Å². The molecule has 1 aliphatic heterocycles. The number of likely N-dealkylation sites (tertiary alicyclic amines) is 1. The standard InChI is InChI=1S/C15H24N4O/c16-15(18-20)12-14(13-6-2-1-3-7-13)17-8-11-19-9-4-5-10-19/h1-3,6-7,14,17,20H,4-5,8-12H2,(H2,16,18). The molecular weight excluding hydrogens is 252 g/mol. The first kappa shape index (κ1) is 14.8. The van der Waals surface area contributed by atoms with Crippen LogP contribution in [-0.2, 0) is 0 Å². The van der Waals surface area contributed by atoms with E-state index in [4.69, 9.17) is 10.9 Å². The van der Waals surface area contributed by atoms with Gasteiger partial charge in [0, 0.05) is 25.6 Å². The van der Waals surface area contributed by atoms with Crippen molar-refractivity contribution in [3.63, 3.8) is 0 Å². The molecule has 0 radical (unpaired) electrons. The maximum Gasteiger partial charge on any atom is 0.141 e. The van der Waals surface area contributed by atoms with Crippen molar-refractivity contribution in [2.24, 2.45) is 10.9 Å². The Balaban J connectivity index is 1.88. The van der Waals surface area contributed by atoms with Gasteiger partial charge in [-0.05, 0) is 31.5 Å². The summed E-state index contributed by atoms with van der Waals surface area (Å²) in [4.78, 5) is 2.47. The van der Waals surface area contributed by atoms with Crippen LogP contribution < -0.4 is 11.1 Å². The van der Waals surface area contributed by atoms with E-state index in [0.717, 1.165) is 13.1 Å². The number of nitrogens with zero attached hydrogens (tertiary/aromatic N) is 2. The average molecular weight is 276 g/mol. The zero-order chi connectivity index (χ0) is 14.2. The fraction of sp³-hybridized carbons (Fsp3) is 0.533. The van der Waals surface area contributed by atoms with Crippen LogP contribution in [0.25, 0.3) is 0 Å². The van der Waals surface area contributed by atoms with E-state index in [-0.39, 0.29) is 11.9 Å². The number of hydrogen-bond acceptors (Lipinski definition) is 4. The van der Waals surface area contributed by atoms with Gasteiger partial charge in [-0.25, -0.2) is 0 Å². The Morgan fingerprint density at radius 1 is 1.30 bits per heavy atom. The summed E-state index contributed by atoms with van der Waals surface area (Å²) >= 11 is 0. The maximum absolute atomic E-state index is 8.76. The van der Waals surface area contributed by atoms with Crippen LogP contribution in [0.2, 0.25) is 0 Å². The molecule has 0 bridgehead atoms. The summed E-state index contributed by atoms with van der Waals surface area (Å²) in [5.41, 5.74) is 6.82. The highest BCUT2D eigenvalue weighted by Gasteiger charge is 2.15. The fourth-order valence-electron chi connectivity index (χ4n) is 2.65. The van der Waals surface area contributed by atoms with Crippen molar-refractivity contribution in [3.8, 4) is 0 Å². The van der Waals surface area contributed by atoms with E-state index in [0.29, 0.717) is 6.42 Å². The van der Waals surface area contributed by atoms with Crippen LogP contribution in [0, 0.1) is 0 Å². The summed E-state index contributed by atoms with van der Waals surface area (Å²) in [5, 5.41) is 15.4. The van der Waals surface area contributed by atoms with Crippen LogP contribution in [0.4, 0.5) is 0 Å². The van der Waals surface area contributed by atoms with Gasteiger partial charge in [0.1, 0.15) is 5.84 Å². The number of benzene rings is 1. The van der Waals surface area contributed by atoms with Crippen LogP contribution >= 0.6 is 0 Å². The molecule has 0 spiro atoms. The normalized spacial score (nSPS) is 18.3. The second kappa shape index (κ2) is 7.87. The van der Waals surface area contributed by atoms with Gasteiger partial charge in [-0.1, -0.05) is 35.5 Å². The van der Waals surface area contributed by atoms with Gasteiger partial charge in [0.15, 0.2) is 0 Å². The number of oxime groups is 1. The van der Waals surface area contributed by atoms with Crippen molar-refractivity contribution >= 4 is 5.84 Å². The lowest BCUT2D eigenvalue weighted by Crippen LogP contribution is -2.34. The smallest absolute Gasteiger partial charge is 0.141 e. The molecule has 2 rings (SSSR count). The van der Waals surface area contributed by atoms with Crippen LogP contribution in [-0.4, -0.2) is 42.1 Å². The first-order chi connectivity index (χ1) is 9.79. The zero-order valence-corrected chi connectivity index (χ0v) is 11.8. The Morgan fingerprint density at radius 3 is 2.65 bits per heavy atom. The Labute approximate surface area is 120 Å². The van der Waals surface area contributed by atoms with Crippen molar-refractivity contribution in [2.75, 3.05) is 26.2 Å². The van der Waals surface area contributed by atoms with Crippen LogP contribution in [0.3, 0.4) is 0 Å². The molecule has 1 fully saturated rings. The Bertz CT molecular complexity index is 415. The number of nitrogens with one attached hydrogen (secondary N) is 1. The number of nitrogens with two attached hydrogens (primary N) is 1. The second-order valence-electron chi connectivity index (χ2n) is 5.26. The first-order valence-corrected chi connectivity index (χ1v) is 7.26. The van der Waals surface area contributed by atoms with Gasteiger partial charge < -0.3 is 21.2 Å². The van der Waals surface area contributed by atoms with Gasteiger partial charge in [0.25, 0.3) is 0 Å². The minimum absolute atomic E-state index is 0.0923. The molecule has 4 N–H and O–H groups in total. The van der Waals surface area contributed by atoms with Gasteiger partial charge in [0.05, 0.1) is 0 Å². The minimum Gasteiger partial charge on any atom is -0.409 e. The number of amidine groups is 1. The Hall–Kier alpha value is -1.59. The third kappa shape index (κ3) is 4.51. The average Bonchev–Trinajstić information content (AvgIpc) is 3.00. The molecule has 5 heteroatoms. The topological polar surface area (TPSA) is 73.9 Å². The molecule has 0 amide bonds. The van der Waals surface area contributed by atoms with Gasteiger partial charge in [-0.3, -0.25) is 0 Å². The monoisotopic (exact) mass is 276 g/mol. The van der Waals surface area contributed by atoms with Gasteiger partial charge >= 0.3 is 0 Å². The summed E-state index contributed by atoms with van der Waals surface area (Å²) in [6.07, 6.45) is 3.14. The van der Waals surface area contributed by atoms with Crippen molar-refractivity contribution in [3.05, 3.63) is 35.9 Å². The highest BCUT2D eigenvalue weighted by atomic mass is 16.4. The van der Waals surface area contributed by atoms with Crippen molar-refractivity contribution in [1.29, 1.82) is 0 Å². The lowest BCUT2D eigenvalue weighted by Gasteiger charge is -2.21. The molecule has 20 heavy (non-hydrogen) atoms. The van der Waals surface area contributed by atoms with Crippen molar-refractivity contribution in [2.45, 2.75) is 25.3 Å². The molecule has 1 atom stereocenters. The molecule has 1 saturated heterocycles. The predicted molar refractivity (Wildman–Crippen MR) is 80.9 cm³/mol. The summed E-state index contributed by atoms with van der Waals surface area (Å²) in [7, 11) is 0. The van der Waals surface area contributed by atoms with Crippen LogP contribution in [0.15, 0.2) is 35.5 Å². The third-order valence-electron chi connectivity index (χ3n) is 3.76. The fourth-order valence-corrected chi connectivity index (χ4v) is 2.65.